The number of aromatic amines is 1. The molecule has 114 valence electrons. The number of nitrogens with zero attached hydrogens (tertiary/aromatic N) is 2. The summed E-state index contributed by atoms with van der Waals surface area (Å²) in [6.45, 7) is 2.01. The average molecular weight is 315 g/mol. The van der Waals surface area contributed by atoms with Crippen molar-refractivity contribution in [1.82, 2.24) is 14.3 Å². The summed E-state index contributed by atoms with van der Waals surface area (Å²) >= 11 is 0. The number of benzene rings is 1. The molecule has 0 saturated carbocycles. The van der Waals surface area contributed by atoms with E-state index in [1.165, 1.54) is 18.4 Å². The molecule has 1 aromatic carbocycles. The Morgan fingerprint density at radius 1 is 1.14 bits per heavy atom. The predicted octanol–water partition coefficient (Wildman–Crippen LogP) is 2.79. The van der Waals surface area contributed by atoms with Crippen LogP contribution in [0.2, 0.25) is 0 Å². The molecule has 0 aliphatic rings. The molecule has 2 heterocycles. The molecule has 0 amide bonds. The van der Waals surface area contributed by atoms with Crippen molar-refractivity contribution >= 4 is 21.1 Å². The minimum absolute atomic E-state index is 0.279. The molecule has 2 aromatic heterocycles. The highest BCUT2D eigenvalue weighted by Gasteiger charge is 2.17. The van der Waals surface area contributed by atoms with E-state index in [0.717, 1.165) is 27.7 Å². The van der Waals surface area contributed by atoms with Gasteiger partial charge < -0.3 is 4.98 Å². The van der Waals surface area contributed by atoms with E-state index in [4.69, 9.17) is 0 Å². The molecule has 0 fully saturated rings. The summed E-state index contributed by atoms with van der Waals surface area (Å²) in [7, 11) is -0.387. The van der Waals surface area contributed by atoms with Gasteiger partial charge in [0.15, 0.2) is 0 Å². The number of sulfonamides is 1. The van der Waals surface area contributed by atoms with Gasteiger partial charge in [-0.3, -0.25) is 0 Å². The van der Waals surface area contributed by atoms with Gasteiger partial charge in [-0.15, -0.1) is 0 Å². The molecule has 22 heavy (non-hydrogen) atoms. The highest BCUT2D eigenvalue weighted by Crippen LogP contribution is 2.26. The first-order valence-corrected chi connectivity index (χ1v) is 8.30. The maximum Gasteiger partial charge on any atom is 0.242 e. The lowest BCUT2D eigenvalue weighted by atomic mass is 10.1. The van der Waals surface area contributed by atoms with E-state index in [1.807, 2.05) is 25.3 Å². The minimum atomic E-state index is -3.44. The van der Waals surface area contributed by atoms with Crippen LogP contribution in [0, 0.1) is 6.92 Å². The first kappa shape index (κ1) is 14.7. The van der Waals surface area contributed by atoms with Crippen molar-refractivity contribution in [3.05, 3.63) is 48.3 Å². The van der Waals surface area contributed by atoms with Crippen molar-refractivity contribution in [3.8, 4) is 11.1 Å². The van der Waals surface area contributed by atoms with Gasteiger partial charge in [-0.1, -0.05) is 12.1 Å². The van der Waals surface area contributed by atoms with Gasteiger partial charge in [0.05, 0.1) is 4.90 Å². The Hall–Kier alpha value is -2.18. The Bertz CT molecular complexity index is 943. The Kier molecular flexibility index (Phi) is 3.50. The van der Waals surface area contributed by atoms with Gasteiger partial charge in [-0.2, -0.15) is 0 Å². The Morgan fingerprint density at radius 3 is 2.64 bits per heavy atom. The van der Waals surface area contributed by atoms with Gasteiger partial charge >= 0.3 is 0 Å². The van der Waals surface area contributed by atoms with Crippen LogP contribution in [0.5, 0.6) is 0 Å². The van der Waals surface area contributed by atoms with Crippen molar-refractivity contribution in [2.24, 2.45) is 0 Å². The van der Waals surface area contributed by atoms with Gasteiger partial charge in [0.25, 0.3) is 0 Å². The van der Waals surface area contributed by atoms with Crippen LogP contribution in [0.25, 0.3) is 22.2 Å². The molecule has 0 saturated heterocycles. The van der Waals surface area contributed by atoms with E-state index < -0.39 is 10.0 Å². The topological polar surface area (TPSA) is 66.1 Å². The molecule has 1 N–H and O–H groups in total. The van der Waals surface area contributed by atoms with Crippen LogP contribution in [0.15, 0.2) is 47.6 Å². The van der Waals surface area contributed by atoms with Crippen molar-refractivity contribution in [1.29, 1.82) is 0 Å². The van der Waals surface area contributed by atoms with Crippen LogP contribution >= 0.6 is 0 Å². The van der Waals surface area contributed by atoms with Crippen LogP contribution in [0.1, 0.15) is 5.56 Å². The summed E-state index contributed by atoms with van der Waals surface area (Å²) in [5.41, 5.74) is 3.67. The first-order valence-electron chi connectivity index (χ1n) is 6.86. The second-order valence-electron chi connectivity index (χ2n) is 5.41. The van der Waals surface area contributed by atoms with E-state index in [9.17, 15) is 8.42 Å². The second-order valence-corrected chi connectivity index (χ2v) is 7.56. The van der Waals surface area contributed by atoms with E-state index in [0.29, 0.717) is 0 Å². The summed E-state index contributed by atoms with van der Waals surface area (Å²) in [6, 6.07) is 8.95. The Labute approximate surface area is 129 Å². The third-order valence-corrected chi connectivity index (χ3v) is 5.49. The molecule has 0 unspecified atom stereocenters. The lowest BCUT2D eigenvalue weighted by Crippen LogP contribution is -2.22. The molecule has 3 rings (SSSR count). The predicted molar refractivity (Wildman–Crippen MR) is 87.1 cm³/mol. The smallest absolute Gasteiger partial charge is 0.242 e. The van der Waals surface area contributed by atoms with Gasteiger partial charge in [-0.25, -0.2) is 17.7 Å². The Morgan fingerprint density at radius 2 is 1.91 bits per heavy atom. The van der Waals surface area contributed by atoms with Crippen LogP contribution < -0.4 is 0 Å². The monoisotopic (exact) mass is 315 g/mol. The van der Waals surface area contributed by atoms with Gasteiger partial charge in [0, 0.05) is 37.4 Å². The number of hydrogen-bond acceptors (Lipinski definition) is 3. The third kappa shape index (κ3) is 2.40. The number of rotatable bonds is 3. The fraction of sp³-hybridized carbons (Fsp3) is 0.188. The molecule has 6 heteroatoms. The summed E-state index contributed by atoms with van der Waals surface area (Å²) < 4.78 is 25.7. The van der Waals surface area contributed by atoms with Crippen molar-refractivity contribution in [2.75, 3.05) is 14.1 Å². The standard InChI is InChI=1S/C16H17N3O2S/c1-11-9-17-16-15(11)8-13(10-18-16)12-5-4-6-14(7-12)22(20,21)19(2)3/h4-10H,1-3H3,(H,17,18). The molecule has 3 aromatic rings. The maximum atomic E-state index is 12.2. The molecule has 0 atom stereocenters. The summed E-state index contributed by atoms with van der Waals surface area (Å²) in [4.78, 5) is 7.77. The largest absolute Gasteiger partial charge is 0.346 e. The number of H-pyrrole nitrogens is 1. The zero-order chi connectivity index (χ0) is 15.9. The molecule has 0 radical (unpaired) electrons. The van der Waals surface area contributed by atoms with Crippen LogP contribution in [-0.4, -0.2) is 36.8 Å². The van der Waals surface area contributed by atoms with Crippen molar-refractivity contribution in [2.45, 2.75) is 11.8 Å². The van der Waals surface area contributed by atoms with Gasteiger partial charge in [-0.05, 0) is 36.2 Å². The molecule has 0 aliphatic carbocycles. The summed E-state index contributed by atoms with van der Waals surface area (Å²) in [5, 5.41) is 1.04. The van der Waals surface area contributed by atoms with E-state index in [2.05, 4.69) is 9.97 Å². The molecule has 0 bridgehead atoms. The fourth-order valence-corrected chi connectivity index (χ4v) is 3.29. The van der Waals surface area contributed by atoms with Crippen molar-refractivity contribution < 1.29 is 8.42 Å². The van der Waals surface area contributed by atoms with E-state index in [1.54, 1.807) is 24.4 Å². The summed E-state index contributed by atoms with van der Waals surface area (Å²) in [5.74, 6) is 0. The third-order valence-electron chi connectivity index (χ3n) is 3.68. The number of aryl methyl sites for hydroxylation is 1. The maximum absolute atomic E-state index is 12.2. The highest BCUT2D eigenvalue weighted by atomic mass is 32.2. The van der Waals surface area contributed by atoms with Crippen LogP contribution in [-0.2, 0) is 10.0 Å². The average Bonchev–Trinajstić information content (AvgIpc) is 2.88. The van der Waals surface area contributed by atoms with Gasteiger partial charge in [0.1, 0.15) is 5.65 Å². The Balaban J connectivity index is 2.13. The molecule has 0 aliphatic heterocycles. The minimum Gasteiger partial charge on any atom is -0.346 e. The van der Waals surface area contributed by atoms with Crippen molar-refractivity contribution in [3.63, 3.8) is 0 Å². The second kappa shape index (κ2) is 5.23. The molecular weight excluding hydrogens is 298 g/mol. The SMILES string of the molecule is Cc1c[nH]c2ncc(-c3cccc(S(=O)(=O)N(C)C)c3)cc12. The molecular formula is C16H17N3O2S. The molecule has 5 nitrogen and oxygen atoms in total. The van der Waals surface area contributed by atoms with Crippen LogP contribution in [0.3, 0.4) is 0 Å². The number of hydrogen-bond donors (Lipinski definition) is 1. The number of fused-ring (bicyclic) bond motifs is 1. The number of aromatic nitrogens is 2. The fourth-order valence-electron chi connectivity index (χ4n) is 2.34. The zero-order valence-electron chi connectivity index (χ0n) is 12.7. The normalized spacial score (nSPS) is 12.2. The number of pyridine rings is 1. The molecule has 0 spiro atoms. The number of nitrogens with one attached hydrogen (secondary N) is 1. The highest BCUT2D eigenvalue weighted by molar-refractivity contribution is 7.89. The lowest BCUT2D eigenvalue weighted by molar-refractivity contribution is 0.521. The van der Waals surface area contributed by atoms with Gasteiger partial charge in [0.2, 0.25) is 10.0 Å². The van der Waals surface area contributed by atoms with Crippen LogP contribution in [0.4, 0.5) is 0 Å². The first-order chi connectivity index (χ1) is 10.4. The van der Waals surface area contributed by atoms with E-state index >= 15 is 0 Å². The zero-order valence-corrected chi connectivity index (χ0v) is 13.5. The summed E-state index contributed by atoms with van der Waals surface area (Å²) in [6.07, 6.45) is 3.66. The lowest BCUT2D eigenvalue weighted by Gasteiger charge is -2.12. The van der Waals surface area contributed by atoms with E-state index in [-0.39, 0.29) is 4.90 Å². The quantitative estimate of drug-likeness (QED) is 0.808.